The molecule has 0 spiro atoms. The zero-order valence-corrected chi connectivity index (χ0v) is 7.99. The number of aromatic nitrogens is 8. The molecular weight excluding hydrogens is 216 g/mol. The Morgan fingerprint density at radius 2 is 2.40 bits per heavy atom. The number of aromatic amines is 2. The van der Waals surface area contributed by atoms with Gasteiger partial charge in [-0.1, -0.05) is 9.70 Å². The van der Waals surface area contributed by atoms with Gasteiger partial charge in [-0.15, -0.1) is 10.2 Å². The second-order valence-corrected chi connectivity index (χ2v) is 3.33. The lowest BCUT2D eigenvalue weighted by Crippen LogP contribution is -1.84. The normalized spacial score (nSPS) is 10.7. The molecule has 0 aromatic carbocycles. The average Bonchev–Trinajstić information content (AvgIpc) is 3.01. The summed E-state index contributed by atoms with van der Waals surface area (Å²) in [6.07, 6.45) is 4.19. The highest BCUT2D eigenvalue weighted by atomic mass is 32.1. The molecule has 0 aliphatic rings. The molecule has 8 nitrogen and oxygen atoms in total. The molecule has 0 atom stereocenters. The molecule has 0 aliphatic heterocycles. The molecule has 0 amide bonds. The highest BCUT2D eigenvalue weighted by Crippen LogP contribution is 2.26. The first-order chi connectivity index (χ1) is 7.45. The second-order valence-electron chi connectivity index (χ2n) is 2.57. The van der Waals surface area contributed by atoms with E-state index >= 15 is 0 Å². The number of hydrogen-bond donors (Lipinski definition) is 2. The quantitative estimate of drug-likeness (QED) is 0.623. The molecule has 0 aliphatic carbocycles. The first kappa shape index (κ1) is 8.17. The van der Waals surface area contributed by atoms with Crippen molar-refractivity contribution in [2.45, 2.75) is 0 Å². The smallest absolute Gasteiger partial charge is 0.201 e. The van der Waals surface area contributed by atoms with E-state index < -0.39 is 0 Å². The van der Waals surface area contributed by atoms with Crippen LogP contribution in [0.5, 0.6) is 0 Å². The predicted molar refractivity (Wildman–Crippen MR) is 49.5 cm³/mol. The van der Waals surface area contributed by atoms with Crippen LogP contribution in [-0.4, -0.2) is 40.2 Å². The van der Waals surface area contributed by atoms with Crippen LogP contribution >= 0.6 is 11.5 Å². The van der Waals surface area contributed by atoms with Crippen LogP contribution in [0.15, 0.2) is 6.33 Å². The molecule has 0 unspecified atom stereocenters. The molecule has 0 bridgehead atoms. The summed E-state index contributed by atoms with van der Waals surface area (Å²) in [5.41, 5.74) is 1.23. The Bertz CT molecular complexity index is 489. The molecule has 3 aromatic rings. The standard InChI is InChI=1S/C6H3N8S/c1-3(15-14-8-1)4-5(11-13-10-4)6-7-2-9-12-6/h2H,(H,7,9,12)(H,10,11,13). The lowest BCUT2D eigenvalue weighted by molar-refractivity contribution is 0.940. The molecule has 3 heterocycles. The van der Waals surface area contributed by atoms with E-state index in [2.05, 4.69) is 46.4 Å². The number of nitrogens with zero attached hydrogens (tertiary/aromatic N) is 6. The van der Waals surface area contributed by atoms with E-state index in [0.29, 0.717) is 22.1 Å². The number of hydrogen-bond acceptors (Lipinski definition) is 7. The van der Waals surface area contributed by atoms with Crippen LogP contribution in [-0.2, 0) is 0 Å². The summed E-state index contributed by atoms with van der Waals surface area (Å²) < 4.78 is 3.71. The SMILES string of the molecule is [c]1nnsc1-c1nn[nH]c1-c1nc[nH]n1. The first-order valence-corrected chi connectivity index (χ1v) is 4.70. The molecule has 3 aromatic heterocycles. The lowest BCUT2D eigenvalue weighted by Gasteiger charge is -1.90. The summed E-state index contributed by atoms with van der Waals surface area (Å²) in [5, 5.41) is 20.5. The summed E-state index contributed by atoms with van der Waals surface area (Å²) in [4.78, 5) is 4.70. The minimum Gasteiger partial charge on any atom is -0.265 e. The molecular formula is C6H3N8S. The third-order valence-electron chi connectivity index (χ3n) is 1.73. The van der Waals surface area contributed by atoms with Crippen LogP contribution < -0.4 is 0 Å². The van der Waals surface area contributed by atoms with Gasteiger partial charge < -0.3 is 0 Å². The zero-order valence-electron chi connectivity index (χ0n) is 7.17. The van der Waals surface area contributed by atoms with Gasteiger partial charge in [0.25, 0.3) is 0 Å². The van der Waals surface area contributed by atoms with Gasteiger partial charge in [0.1, 0.15) is 28.8 Å². The Labute approximate surface area is 86.9 Å². The van der Waals surface area contributed by atoms with Gasteiger partial charge in [0, 0.05) is 0 Å². The van der Waals surface area contributed by atoms with Crippen molar-refractivity contribution in [2.24, 2.45) is 0 Å². The van der Waals surface area contributed by atoms with Gasteiger partial charge in [-0.25, -0.2) is 4.98 Å². The monoisotopic (exact) mass is 219 g/mol. The summed E-state index contributed by atoms with van der Waals surface area (Å²) in [6, 6.07) is 0. The van der Waals surface area contributed by atoms with E-state index in [4.69, 9.17) is 0 Å². The van der Waals surface area contributed by atoms with Crippen LogP contribution in [0, 0.1) is 6.20 Å². The third kappa shape index (κ3) is 1.29. The van der Waals surface area contributed by atoms with E-state index in [0.717, 1.165) is 0 Å². The van der Waals surface area contributed by atoms with Crippen molar-refractivity contribution in [3.8, 4) is 22.1 Å². The fourth-order valence-corrected chi connectivity index (χ4v) is 1.59. The number of rotatable bonds is 2. The maximum Gasteiger partial charge on any atom is 0.201 e. The lowest BCUT2D eigenvalue weighted by atomic mass is 10.3. The Morgan fingerprint density at radius 1 is 1.40 bits per heavy atom. The summed E-state index contributed by atoms with van der Waals surface area (Å²) in [7, 11) is 0. The first-order valence-electron chi connectivity index (χ1n) is 3.93. The van der Waals surface area contributed by atoms with Crippen molar-refractivity contribution >= 4 is 11.5 Å². The van der Waals surface area contributed by atoms with Crippen molar-refractivity contribution in [1.29, 1.82) is 0 Å². The molecule has 0 saturated heterocycles. The van der Waals surface area contributed by atoms with Crippen molar-refractivity contribution in [1.82, 2.24) is 40.2 Å². The Hall–Kier alpha value is -2.16. The van der Waals surface area contributed by atoms with E-state index in [1.165, 1.54) is 17.9 Å². The largest absolute Gasteiger partial charge is 0.265 e. The summed E-state index contributed by atoms with van der Waals surface area (Å²) in [6.45, 7) is 0. The minimum absolute atomic E-state index is 0.497. The highest BCUT2D eigenvalue weighted by Gasteiger charge is 2.16. The molecule has 3 rings (SSSR count). The minimum atomic E-state index is 0.497. The molecule has 2 N–H and O–H groups in total. The van der Waals surface area contributed by atoms with Gasteiger partial charge in [0.15, 0.2) is 0 Å². The molecule has 73 valence electrons. The van der Waals surface area contributed by atoms with Gasteiger partial charge in [0.2, 0.25) is 5.82 Å². The number of nitrogens with one attached hydrogen (secondary N) is 2. The van der Waals surface area contributed by atoms with E-state index in [9.17, 15) is 0 Å². The molecule has 0 saturated carbocycles. The van der Waals surface area contributed by atoms with Crippen LogP contribution in [0.4, 0.5) is 0 Å². The third-order valence-corrected chi connectivity index (χ3v) is 2.36. The predicted octanol–water partition coefficient (Wildman–Crippen LogP) is -0.0915. The Kier molecular flexibility index (Phi) is 1.75. The van der Waals surface area contributed by atoms with Gasteiger partial charge in [-0.05, 0) is 11.5 Å². The van der Waals surface area contributed by atoms with Crippen LogP contribution in [0.3, 0.4) is 0 Å². The maximum atomic E-state index is 4.00. The Balaban J connectivity index is 2.15. The van der Waals surface area contributed by atoms with Crippen molar-refractivity contribution in [3.63, 3.8) is 0 Å². The van der Waals surface area contributed by atoms with Crippen LogP contribution in [0.2, 0.25) is 0 Å². The number of H-pyrrole nitrogens is 2. The van der Waals surface area contributed by atoms with Gasteiger partial charge in [-0.2, -0.15) is 5.10 Å². The van der Waals surface area contributed by atoms with E-state index in [1.807, 2.05) is 0 Å². The topological polar surface area (TPSA) is 109 Å². The summed E-state index contributed by atoms with van der Waals surface area (Å²) in [5.74, 6) is 0.497. The fraction of sp³-hybridized carbons (Fsp3) is 0. The molecule has 1 radical (unpaired) electrons. The van der Waals surface area contributed by atoms with Crippen LogP contribution in [0.25, 0.3) is 22.1 Å². The zero-order chi connectivity index (χ0) is 10.1. The molecule has 15 heavy (non-hydrogen) atoms. The summed E-state index contributed by atoms with van der Waals surface area (Å²) >= 11 is 1.19. The van der Waals surface area contributed by atoms with Crippen molar-refractivity contribution < 1.29 is 0 Å². The fourth-order valence-electron chi connectivity index (χ4n) is 1.12. The molecule has 0 fully saturated rings. The molecule has 9 heteroatoms. The van der Waals surface area contributed by atoms with Crippen molar-refractivity contribution in [2.75, 3.05) is 0 Å². The average molecular weight is 219 g/mol. The van der Waals surface area contributed by atoms with E-state index in [1.54, 1.807) is 0 Å². The van der Waals surface area contributed by atoms with E-state index in [-0.39, 0.29) is 0 Å². The van der Waals surface area contributed by atoms with Crippen LogP contribution in [0.1, 0.15) is 0 Å². The maximum absolute atomic E-state index is 4.00. The van der Waals surface area contributed by atoms with Gasteiger partial charge >= 0.3 is 0 Å². The van der Waals surface area contributed by atoms with Gasteiger partial charge in [0.05, 0.1) is 0 Å². The van der Waals surface area contributed by atoms with Crippen molar-refractivity contribution in [3.05, 3.63) is 12.5 Å². The highest BCUT2D eigenvalue weighted by molar-refractivity contribution is 7.09. The second kappa shape index (κ2) is 3.20. The van der Waals surface area contributed by atoms with Gasteiger partial charge in [-0.3, -0.25) is 10.2 Å². The Morgan fingerprint density at radius 3 is 3.13 bits per heavy atom.